The number of thiazole rings is 1. The van der Waals surface area contributed by atoms with Gasteiger partial charge in [-0.25, -0.2) is 13.4 Å². The Kier molecular flexibility index (Phi) is 4.68. The number of aromatic nitrogens is 3. The highest BCUT2D eigenvalue weighted by Crippen LogP contribution is 2.33. The first kappa shape index (κ1) is 17.4. The van der Waals surface area contributed by atoms with Crippen molar-refractivity contribution < 1.29 is 8.42 Å². The summed E-state index contributed by atoms with van der Waals surface area (Å²) in [6.45, 7) is 7.30. The van der Waals surface area contributed by atoms with E-state index >= 15 is 0 Å². The first-order valence-electron chi connectivity index (χ1n) is 6.68. The van der Waals surface area contributed by atoms with Crippen LogP contribution in [0.4, 0.5) is 0 Å². The molecule has 0 aromatic carbocycles. The first-order chi connectivity index (χ1) is 10.1. The summed E-state index contributed by atoms with van der Waals surface area (Å²) in [5.41, 5.74) is 1.16. The predicted molar refractivity (Wildman–Crippen MR) is 87.9 cm³/mol. The molecule has 0 radical (unpaired) electrons. The highest BCUT2D eigenvalue weighted by Gasteiger charge is 2.33. The summed E-state index contributed by atoms with van der Waals surface area (Å²) in [7, 11) is -0.596. The van der Waals surface area contributed by atoms with Gasteiger partial charge in [0.2, 0.25) is 10.0 Å². The molecule has 0 amide bonds. The lowest BCUT2D eigenvalue weighted by Gasteiger charge is -2.23. The van der Waals surface area contributed by atoms with E-state index in [4.69, 9.17) is 11.6 Å². The van der Waals surface area contributed by atoms with Crippen molar-refractivity contribution in [2.24, 2.45) is 7.05 Å². The van der Waals surface area contributed by atoms with Crippen molar-refractivity contribution in [2.75, 3.05) is 7.05 Å². The summed E-state index contributed by atoms with van der Waals surface area (Å²) in [5.74, 6) is 0. The Hall–Kier alpha value is -0.960. The van der Waals surface area contributed by atoms with Gasteiger partial charge in [-0.15, -0.1) is 11.3 Å². The number of nitrogens with zero attached hydrogens (tertiary/aromatic N) is 4. The lowest BCUT2D eigenvalue weighted by Crippen LogP contribution is -2.30. The van der Waals surface area contributed by atoms with Crippen molar-refractivity contribution in [3.63, 3.8) is 0 Å². The number of halogens is 1. The lowest BCUT2D eigenvalue weighted by atomic mass is 10.2. The van der Waals surface area contributed by atoms with E-state index in [9.17, 15) is 8.42 Å². The molecule has 22 heavy (non-hydrogen) atoms. The van der Waals surface area contributed by atoms with Crippen LogP contribution in [0.25, 0.3) is 0 Å². The van der Waals surface area contributed by atoms with Crippen LogP contribution in [0.3, 0.4) is 0 Å². The number of rotatable bonds is 4. The van der Waals surface area contributed by atoms with E-state index in [2.05, 4.69) is 10.1 Å². The molecule has 0 aliphatic carbocycles. The van der Waals surface area contributed by atoms with Gasteiger partial charge < -0.3 is 0 Å². The Labute approximate surface area is 139 Å². The standard InChI is InChI=1S/C13H19ClN4O2S2/c1-7-12(13(14)17(5)16-7)22(19,20)18(6)8(2)11-9(3)21-10(4)15-11/h8H,1-6H3/t8-/m0/s1. The lowest BCUT2D eigenvalue weighted by molar-refractivity contribution is 0.391. The van der Waals surface area contributed by atoms with Gasteiger partial charge in [-0.1, -0.05) is 11.6 Å². The fourth-order valence-electron chi connectivity index (χ4n) is 2.36. The highest BCUT2D eigenvalue weighted by atomic mass is 35.5. The van der Waals surface area contributed by atoms with E-state index in [1.807, 2.05) is 20.8 Å². The van der Waals surface area contributed by atoms with Crippen molar-refractivity contribution in [1.82, 2.24) is 19.1 Å². The Bertz CT molecular complexity index is 810. The van der Waals surface area contributed by atoms with Crippen LogP contribution in [-0.2, 0) is 17.1 Å². The Morgan fingerprint density at radius 1 is 1.32 bits per heavy atom. The molecule has 2 rings (SSSR count). The van der Waals surface area contributed by atoms with Crippen LogP contribution >= 0.6 is 22.9 Å². The molecule has 0 saturated heterocycles. The Morgan fingerprint density at radius 2 is 1.91 bits per heavy atom. The van der Waals surface area contributed by atoms with Crippen LogP contribution < -0.4 is 0 Å². The monoisotopic (exact) mass is 362 g/mol. The van der Waals surface area contributed by atoms with Gasteiger partial charge in [0, 0.05) is 19.0 Å². The summed E-state index contributed by atoms with van der Waals surface area (Å²) in [6, 6.07) is -0.384. The van der Waals surface area contributed by atoms with Gasteiger partial charge >= 0.3 is 0 Å². The molecule has 0 unspecified atom stereocenters. The molecule has 0 fully saturated rings. The fraction of sp³-hybridized carbons (Fsp3) is 0.538. The van der Waals surface area contributed by atoms with E-state index in [0.29, 0.717) is 5.69 Å². The normalized spacial score (nSPS) is 13.8. The third-order valence-electron chi connectivity index (χ3n) is 3.62. The topological polar surface area (TPSA) is 68.1 Å². The average molecular weight is 363 g/mol. The largest absolute Gasteiger partial charge is 0.255 e. The second kappa shape index (κ2) is 5.92. The van der Waals surface area contributed by atoms with Crippen molar-refractivity contribution in [3.05, 3.63) is 26.4 Å². The molecule has 6 nitrogen and oxygen atoms in total. The zero-order valence-corrected chi connectivity index (χ0v) is 15.8. The second-order valence-corrected chi connectivity index (χ2v) is 8.90. The minimum absolute atomic E-state index is 0.0515. The summed E-state index contributed by atoms with van der Waals surface area (Å²) in [5, 5.41) is 5.11. The molecule has 0 aliphatic rings. The molecule has 9 heteroatoms. The average Bonchev–Trinajstić information content (AvgIpc) is 2.87. The highest BCUT2D eigenvalue weighted by molar-refractivity contribution is 7.89. The molecule has 2 aromatic heterocycles. The van der Waals surface area contributed by atoms with E-state index in [1.165, 1.54) is 16.0 Å². The number of sulfonamides is 1. The van der Waals surface area contributed by atoms with E-state index in [-0.39, 0.29) is 16.1 Å². The molecule has 1 atom stereocenters. The predicted octanol–water partition coefficient (Wildman–Crippen LogP) is 2.84. The van der Waals surface area contributed by atoms with Crippen molar-refractivity contribution in [2.45, 2.75) is 38.6 Å². The first-order valence-corrected chi connectivity index (χ1v) is 9.31. The van der Waals surface area contributed by atoms with Crippen LogP contribution in [0.5, 0.6) is 0 Å². The molecule has 0 aliphatic heterocycles. The third kappa shape index (κ3) is 2.80. The van der Waals surface area contributed by atoms with E-state index in [0.717, 1.165) is 15.6 Å². The van der Waals surface area contributed by atoms with Crippen molar-refractivity contribution in [1.29, 1.82) is 0 Å². The number of hydrogen-bond acceptors (Lipinski definition) is 5. The van der Waals surface area contributed by atoms with Gasteiger partial charge in [0.25, 0.3) is 0 Å². The molecule has 2 aromatic rings. The minimum atomic E-state index is -3.75. The molecule has 0 spiro atoms. The molecule has 0 N–H and O–H groups in total. The van der Waals surface area contributed by atoms with Crippen LogP contribution in [-0.4, -0.2) is 34.5 Å². The molecular weight excluding hydrogens is 344 g/mol. The van der Waals surface area contributed by atoms with Gasteiger partial charge in [0.1, 0.15) is 10.0 Å². The van der Waals surface area contributed by atoms with Crippen molar-refractivity contribution >= 4 is 33.0 Å². The summed E-state index contributed by atoms with van der Waals surface area (Å²) < 4.78 is 28.4. The summed E-state index contributed by atoms with van der Waals surface area (Å²) >= 11 is 7.67. The van der Waals surface area contributed by atoms with Crippen LogP contribution in [0, 0.1) is 20.8 Å². The maximum atomic E-state index is 12.9. The number of hydrogen-bond donors (Lipinski definition) is 0. The van der Waals surface area contributed by atoms with Gasteiger partial charge in [0.05, 0.1) is 22.4 Å². The third-order valence-corrected chi connectivity index (χ3v) is 7.14. The van der Waals surface area contributed by atoms with E-state index < -0.39 is 10.0 Å². The summed E-state index contributed by atoms with van der Waals surface area (Å²) in [6.07, 6.45) is 0. The van der Waals surface area contributed by atoms with Crippen LogP contribution in [0.2, 0.25) is 5.15 Å². The quantitative estimate of drug-likeness (QED) is 0.838. The Balaban J connectivity index is 2.47. The van der Waals surface area contributed by atoms with Crippen LogP contribution in [0.1, 0.15) is 34.2 Å². The van der Waals surface area contributed by atoms with E-state index in [1.54, 1.807) is 25.3 Å². The zero-order valence-electron chi connectivity index (χ0n) is 13.4. The Morgan fingerprint density at radius 3 is 2.32 bits per heavy atom. The smallest absolute Gasteiger partial charge is 0.248 e. The number of aryl methyl sites for hydroxylation is 4. The second-order valence-electron chi connectivity index (χ2n) is 5.20. The maximum Gasteiger partial charge on any atom is 0.248 e. The van der Waals surface area contributed by atoms with Gasteiger partial charge in [-0.05, 0) is 27.7 Å². The summed E-state index contributed by atoms with van der Waals surface area (Å²) in [4.78, 5) is 5.51. The zero-order chi connectivity index (χ0) is 16.8. The SMILES string of the molecule is Cc1nc([C@H](C)N(C)S(=O)(=O)c2c(C)nn(C)c2Cl)c(C)s1. The molecular formula is C13H19ClN4O2S2. The molecule has 122 valence electrons. The van der Waals surface area contributed by atoms with Crippen LogP contribution in [0.15, 0.2) is 4.90 Å². The molecule has 0 saturated carbocycles. The maximum absolute atomic E-state index is 12.9. The molecule has 2 heterocycles. The molecule has 0 bridgehead atoms. The van der Waals surface area contributed by atoms with Crippen molar-refractivity contribution in [3.8, 4) is 0 Å². The minimum Gasteiger partial charge on any atom is -0.255 e. The van der Waals surface area contributed by atoms with Gasteiger partial charge in [0.15, 0.2) is 0 Å². The van der Waals surface area contributed by atoms with Gasteiger partial charge in [-0.2, -0.15) is 9.40 Å². The fourth-order valence-corrected chi connectivity index (χ4v) is 5.30. The van der Waals surface area contributed by atoms with Gasteiger partial charge in [-0.3, -0.25) is 4.68 Å².